The van der Waals surface area contributed by atoms with Crippen LogP contribution in [0.4, 0.5) is 0 Å². The zero-order chi connectivity index (χ0) is 11.5. The molecule has 1 aliphatic heterocycles. The first kappa shape index (κ1) is 12.1. The number of piperazine rings is 1. The van der Waals surface area contributed by atoms with E-state index in [1.807, 2.05) is 0 Å². The summed E-state index contributed by atoms with van der Waals surface area (Å²) in [5.74, 6) is 0. The van der Waals surface area contributed by atoms with Crippen molar-refractivity contribution in [2.75, 3.05) is 13.1 Å². The molecule has 3 heteroatoms. The monoisotopic (exact) mass is 282 g/mol. The summed E-state index contributed by atoms with van der Waals surface area (Å²) in [6, 6.07) is 9.86. The van der Waals surface area contributed by atoms with E-state index in [-0.39, 0.29) is 0 Å². The molecule has 1 aromatic carbocycles. The average molecular weight is 283 g/mol. The summed E-state index contributed by atoms with van der Waals surface area (Å²) in [5, 5.41) is 3.51. The summed E-state index contributed by atoms with van der Waals surface area (Å²) in [6.45, 7) is 7.83. The van der Waals surface area contributed by atoms with E-state index in [0.29, 0.717) is 12.1 Å². The molecular weight excluding hydrogens is 264 g/mol. The zero-order valence-electron chi connectivity index (χ0n) is 9.91. The zero-order valence-corrected chi connectivity index (χ0v) is 11.5. The van der Waals surface area contributed by atoms with Crippen molar-refractivity contribution in [2.45, 2.75) is 32.5 Å². The lowest BCUT2D eigenvalue weighted by molar-refractivity contribution is 0.139. The van der Waals surface area contributed by atoms with Gasteiger partial charge in [-0.05, 0) is 31.5 Å². The normalized spacial score (nSPS) is 26.9. The van der Waals surface area contributed by atoms with Crippen molar-refractivity contribution < 1.29 is 0 Å². The molecule has 0 radical (unpaired) electrons. The predicted molar refractivity (Wildman–Crippen MR) is 71.5 cm³/mol. The molecule has 0 amide bonds. The Morgan fingerprint density at radius 1 is 1.31 bits per heavy atom. The van der Waals surface area contributed by atoms with Crippen LogP contribution in [0.3, 0.4) is 0 Å². The van der Waals surface area contributed by atoms with Gasteiger partial charge in [0.15, 0.2) is 0 Å². The topological polar surface area (TPSA) is 15.3 Å². The first-order valence-electron chi connectivity index (χ1n) is 5.87. The van der Waals surface area contributed by atoms with Crippen molar-refractivity contribution in [3.63, 3.8) is 0 Å². The van der Waals surface area contributed by atoms with Gasteiger partial charge >= 0.3 is 0 Å². The Hall–Kier alpha value is -0.380. The second kappa shape index (κ2) is 5.30. The van der Waals surface area contributed by atoms with E-state index >= 15 is 0 Å². The first-order chi connectivity index (χ1) is 7.65. The van der Waals surface area contributed by atoms with E-state index < -0.39 is 0 Å². The van der Waals surface area contributed by atoms with Crippen molar-refractivity contribution in [3.8, 4) is 0 Å². The fraction of sp³-hybridized carbons (Fsp3) is 0.538. The van der Waals surface area contributed by atoms with Crippen LogP contribution in [0.2, 0.25) is 0 Å². The third kappa shape index (κ3) is 3.06. The summed E-state index contributed by atoms with van der Waals surface area (Å²) >= 11 is 3.47. The van der Waals surface area contributed by atoms with E-state index in [1.165, 1.54) is 5.56 Å². The van der Waals surface area contributed by atoms with Crippen molar-refractivity contribution >= 4 is 15.9 Å². The first-order valence-corrected chi connectivity index (χ1v) is 6.66. The lowest BCUT2D eigenvalue weighted by atomic mass is 10.1. The number of nitrogens with zero attached hydrogens (tertiary/aromatic N) is 1. The van der Waals surface area contributed by atoms with Crippen LogP contribution in [0.1, 0.15) is 19.4 Å². The fourth-order valence-electron chi connectivity index (χ4n) is 2.14. The van der Waals surface area contributed by atoms with Crippen molar-refractivity contribution in [1.82, 2.24) is 10.2 Å². The molecule has 2 rings (SSSR count). The number of rotatable bonds is 2. The minimum atomic E-state index is 0.603. The Balaban J connectivity index is 2.00. The second-order valence-corrected chi connectivity index (χ2v) is 5.63. The maximum atomic E-state index is 3.51. The molecule has 0 saturated carbocycles. The smallest absolute Gasteiger partial charge is 0.0237 e. The van der Waals surface area contributed by atoms with Crippen molar-refractivity contribution in [2.24, 2.45) is 0 Å². The van der Waals surface area contributed by atoms with Crippen LogP contribution in [0, 0.1) is 0 Å². The molecule has 2 nitrogen and oxygen atoms in total. The van der Waals surface area contributed by atoms with E-state index in [9.17, 15) is 0 Å². The molecule has 1 aliphatic rings. The summed E-state index contributed by atoms with van der Waals surface area (Å²) in [4.78, 5) is 2.55. The van der Waals surface area contributed by atoms with Crippen LogP contribution in [0.25, 0.3) is 0 Å². The maximum Gasteiger partial charge on any atom is 0.0237 e. The van der Waals surface area contributed by atoms with Crippen LogP contribution < -0.4 is 5.32 Å². The lowest BCUT2D eigenvalue weighted by Gasteiger charge is -2.37. The van der Waals surface area contributed by atoms with Gasteiger partial charge in [0.25, 0.3) is 0 Å². The quantitative estimate of drug-likeness (QED) is 0.897. The van der Waals surface area contributed by atoms with Gasteiger partial charge in [0.05, 0.1) is 0 Å². The van der Waals surface area contributed by atoms with Crippen LogP contribution in [-0.2, 0) is 6.54 Å². The second-order valence-electron chi connectivity index (χ2n) is 4.71. The van der Waals surface area contributed by atoms with Gasteiger partial charge in [0.2, 0.25) is 0 Å². The van der Waals surface area contributed by atoms with E-state index in [2.05, 4.69) is 64.3 Å². The average Bonchev–Trinajstić information content (AvgIpc) is 2.27. The molecule has 1 N–H and O–H groups in total. The number of nitrogens with one attached hydrogen (secondary N) is 1. The van der Waals surface area contributed by atoms with Gasteiger partial charge in [0.1, 0.15) is 0 Å². The largest absolute Gasteiger partial charge is 0.311 e. The highest BCUT2D eigenvalue weighted by atomic mass is 79.9. The SMILES string of the molecule is CC1CN(Cc2ccc(Br)cc2)C(C)CN1. The molecule has 16 heavy (non-hydrogen) atoms. The molecule has 0 spiro atoms. The number of benzene rings is 1. The van der Waals surface area contributed by atoms with Crippen molar-refractivity contribution in [1.29, 1.82) is 0 Å². The Labute approximate surface area is 106 Å². The number of hydrogen-bond acceptors (Lipinski definition) is 2. The van der Waals surface area contributed by atoms with Gasteiger partial charge in [-0.2, -0.15) is 0 Å². The molecule has 2 atom stereocenters. The minimum Gasteiger partial charge on any atom is -0.311 e. The minimum absolute atomic E-state index is 0.603. The Morgan fingerprint density at radius 3 is 2.69 bits per heavy atom. The van der Waals surface area contributed by atoms with Crippen LogP contribution >= 0.6 is 15.9 Å². The molecular formula is C13H19BrN2. The third-order valence-electron chi connectivity index (χ3n) is 3.19. The van der Waals surface area contributed by atoms with E-state index in [1.54, 1.807) is 0 Å². The standard InChI is InChI=1S/C13H19BrN2/c1-10-8-16(11(2)7-15-10)9-12-3-5-13(14)6-4-12/h3-6,10-11,15H,7-9H2,1-2H3. The molecule has 1 saturated heterocycles. The van der Waals surface area contributed by atoms with Crippen LogP contribution in [-0.4, -0.2) is 30.1 Å². The highest BCUT2D eigenvalue weighted by molar-refractivity contribution is 9.10. The van der Waals surface area contributed by atoms with E-state index in [4.69, 9.17) is 0 Å². The molecule has 0 bridgehead atoms. The molecule has 88 valence electrons. The summed E-state index contributed by atoms with van der Waals surface area (Å²) in [5.41, 5.74) is 1.39. The maximum absolute atomic E-state index is 3.51. The molecule has 1 heterocycles. The van der Waals surface area contributed by atoms with Crippen LogP contribution in [0.5, 0.6) is 0 Å². The van der Waals surface area contributed by atoms with Gasteiger partial charge in [0, 0.05) is 36.2 Å². The van der Waals surface area contributed by atoms with Gasteiger partial charge in [-0.15, -0.1) is 0 Å². The fourth-order valence-corrected chi connectivity index (χ4v) is 2.41. The lowest BCUT2D eigenvalue weighted by Crippen LogP contribution is -2.53. The molecule has 0 aromatic heterocycles. The predicted octanol–water partition coefficient (Wildman–Crippen LogP) is 2.63. The third-order valence-corrected chi connectivity index (χ3v) is 3.72. The highest BCUT2D eigenvalue weighted by Gasteiger charge is 2.21. The Bertz CT molecular complexity index is 336. The van der Waals surface area contributed by atoms with Gasteiger partial charge in [-0.1, -0.05) is 28.1 Å². The van der Waals surface area contributed by atoms with E-state index in [0.717, 1.165) is 24.1 Å². The highest BCUT2D eigenvalue weighted by Crippen LogP contribution is 2.15. The van der Waals surface area contributed by atoms with Gasteiger partial charge in [-0.3, -0.25) is 4.90 Å². The van der Waals surface area contributed by atoms with Crippen molar-refractivity contribution in [3.05, 3.63) is 34.3 Å². The Kier molecular flexibility index (Phi) is 4.00. The number of hydrogen-bond donors (Lipinski definition) is 1. The molecule has 0 aliphatic carbocycles. The Morgan fingerprint density at radius 2 is 2.00 bits per heavy atom. The molecule has 1 aromatic rings. The summed E-state index contributed by atoms with van der Waals surface area (Å²) < 4.78 is 1.15. The number of halogens is 1. The summed E-state index contributed by atoms with van der Waals surface area (Å²) in [7, 11) is 0. The molecule has 1 fully saturated rings. The molecule has 2 unspecified atom stereocenters. The van der Waals surface area contributed by atoms with Gasteiger partial charge < -0.3 is 5.32 Å². The summed E-state index contributed by atoms with van der Waals surface area (Å²) in [6.07, 6.45) is 0. The van der Waals surface area contributed by atoms with Crippen LogP contribution in [0.15, 0.2) is 28.7 Å². The van der Waals surface area contributed by atoms with Gasteiger partial charge in [-0.25, -0.2) is 0 Å².